The molecule has 1 saturated heterocycles. The zero-order chi connectivity index (χ0) is 16.8. The molecule has 6 heteroatoms. The summed E-state index contributed by atoms with van der Waals surface area (Å²) in [6.07, 6.45) is 3.74. The molecule has 1 atom stereocenters. The highest BCUT2D eigenvalue weighted by molar-refractivity contribution is 5.98. The predicted octanol–water partition coefficient (Wildman–Crippen LogP) is 2.74. The lowest BCUT2D eigenvalue weighted by Crippen LogP contribution is -2.32. The molecule has 0 radical (unpaired) electrons. The Bertz CT molecular complexity index is 685. The van der Waals surface area contributed by atoms with Crippen molar-refractivity contribution in [2.24, 2.45) is 0 Å². The first-order valence-corrected chi connectivity index (χ1v) is 8.05. The molecule has 1 aliphatic heterocycles. The standard InChI is InChI=1S/C18H20FN3O2/c19-14-7-5-13(6-8-14)11-21-17-16(4-1-9-20-17)18(23)22-12-15-3-2-10-24-15/h1,4-9,15H,2-3,10-12H2,(H,20,21)(H,22,23)/t15-/m0/s1. The summed E-state index contributed by atoms with van der Waals surface area (Å²) in [7, 11) is 0. The van der Waals surface area contributed by atoms with E-state index >= 15 is 0 Å². The number of anilines is 1. The second kappa shape index (κ2) is 7.88. The van der Waals surface area contributed by atoms with Crippen LogP contribution < -0.4 is 10.6 Å². The highest BCUT2D eigenvalue weighted by Crippen LogP contribution is 2.15. The lowest BCUT2D eigenvalue weighted by atomic mass is 10.2. The molecule has 1 aromatic heterocycles. The van der Waals surface area contributed by atoms with Crippen LogP contribution in [0.2, 0.25) is 0 Å². The van der Waals surface area contributed by atoms with Gasteiger partial charge in [-0.3, -0.25) is 4.79 Å². The Morgan fingerprint density at radius 2 is 2.12 bits per heavy atom. The monoisotopic (exact) mass is 329 g/mol. The minimum Gasteiger partial charge on any atom is -0.376 e. The molecule has 2 heterocycles. The fraction of sp³-hybridized carbons (Fsp3) is 0.333. The van der Waals surface area contributed by atoms with Crippen molar-refractivity contribution in [2.45, 2.75) is 25.5 Å². The molecule has 0 aliphatic carbocycles. The van der Waals surface area contributed by atoms with Crippen molar-refractivity contribution in [2.75, 3.05) is 18.5 Å². The zero-order valence-corrected chi connectivity index (χ0v) is 13.3. The molecule has 3 rings (SSSR count). The molecular weight excluding hydrogens is 309 g/mol. The third kappa shape index (κ3) is 4.29. The number of hydrogen-bond donors (Lipinski definition) is 2. The summed E-state index contributed by atoms with van der Waals surface area (Å²) in [6.45, 7) is 1.73. The molecule has 1 aromatic carbocycles. The van der Waals surface area contributed by atoms with E-state index in [9.17, 15) is 9.18 Å². The number of rotatable bonds is 6. The molecule has 5 nitrogen and oxygen atoms in total. The Labute approximate surface area is 140 Å². The van der Waals surface area contributed by atoms with Gasteiger partial charge in [0.2, 0.25) is 0 Å². The molecule has 1 amide bonds. The Balaban J connectivity index is 1.61. The molecule has 0 spiro atoms. The first-order chi connectivity index (χ1) is 11.7. The summed E-state index contributed by atoms with van der Waals surface area (Å²) in [6, 6.07) is 9.66. The summed E-state index contributed by atoms with van der Waals surface area (Å²) >= 11 is 0. The SMILES string of the molecule is O=C(NC[C@@H]1CCCO1)c1cccnc1NCc1ccc(F)cc1. The van der Waals surface area contributed by atoms with Crippen LogP contribution in [0.5, 0.6) is 0 Å². The largest absolute Gasteiger partial charge is 0.376 e. The third-order valence-corrected chi connectivity index (χ3v) is 3.94. The van der Waals surface area contributed by atoms with Crippen LogP contribution in [0.15, 0.2) is 42.6 Å². The van der Waals surface area contributed by atoms with Gasteiger partial charge in [0, 0.05) is 25.9 Å². The quantitative estimate of drug-likeness (QED) is 0.855. The van der Waals surface area contributed by atoms with Crippen molar-refractivity contribution in [1.82, 2.24) is 10.3 Å². The Kier molecular flexibility index (Phi) is 5.38. The van der Waals surface area contributed by atoms with Crippen molar-refractivity contribution in [3.05, 3.63) is 59.5 Å². The summed E-state index contributed by atoms with van der Waals surface area (Å²) in [4.78, 5) is 16.6. The van der Waals surface area contributed by atoms with Crippen LogP contribution in [0.3, 0.4) is 0 Å². The number of nitrogens with zero attached hydrogens (tertiary/aromatic N) is 1. The molecule has 24 heavy (non-hydrogen) atoms. The van der Waals surface area contributed by atoms with Crippen molar-refractivity contribution in [1.29, 1.82) is 0 Å². The molecule has 0 saturated carbocycles. The average molecular weight is 329 g/mol. The smallest absolute Gasteiger partial charge is 0.255 e. The first kappa shape index (κ1) is 16.4. The van der Waals surface area contributed by atoms with Gasteiger partial charge in [0.25, 0.3) is 5.91 Å². The maximum atomic E-state index is 12.9. The van der Waals surface area contributed by atoms with Crippen molar-refractivity contribution < 1.29 is 13.9 Å². The maximum absolute atomic E-state index is 12.9. The fourth-order valence-corrected chi connectivity index (χ4v) is 2.62. The molecule has 126 valence electrons. The van der Waals surface area contributed by atoms with E-state index in [0.29, 0.717) is 24.5 Å². The van der Waals surface area contributed by atoms with Crippen LogP contribution in [-0.4, -0.2) is 30.1 Å². The van der Waals surface area contributed by atoms with Crippen LogP contribution >= 0.6 is 0 Å². The Morgan fingerprint density at radius 3 is 2.88 bits per heavy atom. The molecule has 1 fully saturated rings. The normalized spacial score (nSPS) is 16.8. The van der Waals surface area contributed by atoms with Gasteiger partial charge in [-0.05, 0) is 42.7 Å². The molecule has 2 aromatic rings. The van der Waals surface area contributed by atoms with Crippen LogP contribution in [0.1, 0.15) is 28.8 Å². The number of halogens is 1. The minimum atomic E-state index is -0.272. The second-order valence-corrected chi connectivity index (χ2v) is 5.72. The van der Waals surface area contributed by atoms with Gasteiger partial charge in [-0.15, -0.1) is 0 Å². The first-order valence-electron chi connectivity index (χ1n) is 8.05. The van der Waals surface area contributed by atoms with E-state index < -0.39 is 0 Å². The highest BCUT2D eigenvalue weighted by atomic mass is 19.1. The van der Waals surface area contributed by atoms with E-state index in [1.807, 2.05) is 0 Å². The maximum Gasteiger partial charge on any atom is 0.255 e. The molecule has 0 unspecified atom stereocenters. The van der Waals surface area contributed by atoms with Crippen molar-refractivity contribution >= 4 is 11.7 Å². The molecular formula is C18H20FN3O2. The van der Waals surface area contributed by atoms with Gasteiger partial charge in [-0.25, -0.2) is 9.37 Å². The van der Waals surface area contributed by atoms with Crippen molar-refractivity contribution in [3.8, 4) is 0 Å². The highest BCUT2D eigenvalue weighted by Gasteiger charge is 2.18. The van der Waals surface area contributed by atoms with E-state index in [1.165, 1.54) is 12.1 Å². The van der Waals surface area contributed by atoms with Crippen LogP contribution in [0, 0.1) is 5.82 Å². The average Bonchev–Trinajstić information content (AvgIpc) is 3.13. The number of nitrogens with one attached hydrogen (secondary N) is 2. The van der Waals surface area contributed by atoms with Gasteiger partial charge >= 0.3 is 0 Å². The lowest BCUT2D eigenvalue weighted by Gasteiger charge is -2.13. The van der Waals surface area contributed by atoms with E-state index in [-0.39, 0.29) is 17.8 Å². The number of hydrogen-bond acceptors (Lipinski definition) is 4. The number of aromatic nitrogens is 1. The summed E-state index contributed by atoms with van der Waals surface area (Å²) in [5.41, 5.74) is 1.39. The topological polar surface area (TPSA) is 63.2 Å². The number of carbonyl (C=O) groups excluding carboxylic acids is 1. The van der Waals surface area contributed by atoms with Gasteiger partial charge in [0.15, 0.2) is 0 Å². The van der Waals surface area contributed by atoms with Gasteiger partial charge in [-0.2, -0.15) is 0 Å². The number of pyridine rings is 1. The molecule has 1 aliphatic rings. The molecule has 0 bridgehead atoms. The fourth-order valence-electron chi connectivity index (χ4n) is 2.62. The second-order valence-electron chi connectivity index (χ2n) is 5.72. The van der Waals surface area contributed by atoms with E-state index in [2.05, 4.69) is 15.6 Å². The lowest BCUT2D eigenvalue weighted by molar-refractivity contribution is 0.0858. The van der Waals surface area contributed by atoms with Gasteiger partial charge < -0.3 is 15.4 Å². The van der Waals surface area contributed by atoms with E-state index in [1.54, 1.807) is 30.5 Å². The van der Waals surface area contributed by atoms with Crippen LogP contribution in [0.25, 0.3) is 0 Å². The van der Waals surface area contributed by atoms with Crippen molar-refractivity contribution in [3.63, 3.8) is 0 Å². The summed E-state index contributed by atoms with van der Waals surface area (Å²) in [5, 5.41) is 6.03. The number of carbonyl (C=O) groups is 1. The molecule has 2 N–H and O–H groups in total. The van der Waals surface area contributed by atoms with Crippen LogP contribution in [0.4, 0.5) is 10.2 Å². The summed E-state index contributed by atoms with van der Waals surface area (Å²) < 4.78 is 18.4. The minimum absolute atomic E-state index is 0.0984. The van der Waals surface area contributed by atoms with E-state index in [4.69, 9.17) is 4.74 Å². The Morgan fingerprint density at radius 1 is 1.29 bits per heavy atom. The number of benzene rings is 1. The van der Waals surface area contributed by atoms with E-state index in [0.717, 1.165) is 25.0 Å². The number of ether oxygens (including phenoxy) is 1. The number of amides is 1. The predicted molar refractivity (Wildman–Crippen MR) is 89.3 cm³/mol. The third-order valence-electron chi connectivity index (χ3n) is 3.94. The van der Waals surface area contributed by atoms with Gasteiger partial charge in [0.1, 0.15) is 11.6 Å². The summed E-state index contributed by atoms with van der Waals surface area (Å²) in [5.74, 6) is 0.0534. The van der Waals surface area contributed by atoms with Gasteiger partial charge in [-0.1, -0.05) is 12.1 Å². The zero-order valence-electron chi connectivity index (χ0n) is 13.3. The van der Waals surface area contributed by atoms with Gasteiger partial charge in [0.05, 0.1) is 11.7 Å². The van der Waals surface area contributed by atoms with Crippen LogP contribution in [-0.2, 0) is 11.3 Å². The Hall–Kier alpha value is -2.47.